The average molecular weight is 443 g/mol. The second kappa shape index (κ2) is 6.70. The predicted molar refractivity (Wildman–Crippen MR) is 115 cm³/mol. The lowest BCUT2D eigenvalue weighted by atomic mass is 9.93. The first-order valence-corrected chi connectivity index (χ1v) is 12.2. The third kappa shape index (κ3) is 2.39. The Morgan fingerprint density at radius 1 is 1.10 bits per heavy atom. The fraction of sp³-hybridized carbons (Fsp3) is 0.429. The minimum atomic E-state index is -0.816. The van der Waals surface area contributed by atoms with E-state index in [1.54, 1.807) is 6.26 Å². The Bertz CT molecular complexity index is 979. The number of carbonyl (C=O) groups is 2. The number of rotatable bonds is 3. The molecule has 0 aliphatic carbocycles. The van der Waals surface area contributed by atoms with Crippen LogP contribution in [0.4, 0.5) is 4.79 Å². The molecule has 4 fully saturated rings. The lowest BCUT2D eigenvalue weighted by Crippen LogP contribution is -2.66. The second-order valence-corrected chi connectivity index (χ2v) is 11.1. The van der Waals surface area contributed by atoms with Gasteiger partial charge in [0.05, 0.1) is 12.7 Å². The van der Waals surface area contributed by atoms with Gasteiger partial charge in [-0.05, 0) is 35.6 Å². The minimum absolute atomic E-state index is 0.0517. The van der Waals surface area contributed by atoms with Crippen LogP contribution in [-0.4, -0.2) is 49.2 Å². The first-order chi connectivity index (χ1) is 14.6. The molecule has 6 rings (SSSR count). The van der Waals surface area contributed by atoms with Gasteiger partial charge in [0.25, 0.3) is 0 Å². The molecule has 2 N–H and O–H groups in total. The van der Waals surface area contributed by atoms with E-state index in [-0.39, 0.29) is 24.0 Å². The topological polar surface area (TPSA) is 77.8 Å². The van der Waals surface area contributed by atoms with E-state index in [1.165, 1.54) is 0 Å². The van der Waals surface area contributed by atoms with E-state index in [2.05, 4.69) is 27.8 Å². The molecule has 3 amide bonds. The standard InChI is InChI=1S/C21H22N4O3S2/c26-16-12-20(29-10-5-11-30-20)21-18(22-19(27)23-21)17(15-8-4-9-28-15)24(25(16)21)13-14-6-2-1-3-7-14/h1-4,6-9,17-18H,5,10-13H2,(H2,22,23,27)/t17-,18+,21+/m1/s1. The van der Waals surface area contributed by atoms with E-state index in [9.17, 15) is 9.59 Å². The van der Waals surface area contributed by atoms with Gasteiger partial charge >= 0.3 is 6.03 Å². The van der Waals surface area contributed by atoms with E-state index >= 15 is 0 Å². The van der Waals surface area contributed by atoms with Crippen LogP contribution in [0.3, 0.4) is 0 Å². The normalized spacial score (nSPS) is 32.2. The maximum absolute atomic E-state index is 13.5. The zero-order chi connectivity index (χ0) is 20.3. The Morgan fingerprint density at radius 3 is 2.63 bits per heavy atom. The van der Waals surface area contributed by atoms with Gasteiger partial charge in [-0.15, -0.1) is 23.5 Å². The predicted octanol–water partition coefficient (Wildman–Crippen LogP) is 2.93. The zero-order valence-electron chi connectivity index (χ0n) is 16.2. The fourth-order valence-corrected chi connectivity index (χ4v) is 9.05. The van der Waals surface area contributed by atoms with E-state index in [0.29, 0.717) is 13.0 Å². The monoisotopic (exact) mass is 442 g/mol. The molecule has 9 heteroatoms. The number of hydrazine groups is 1. The second-order valence-electron chi connectivity index (χ2n) is 8.07. The van der Waals surface area contributed by atoms with Crippen molar-refractivity contribution in [2.75, 3.05) is 11.5 Å². The Kier molecular flexibility index (Phi) is 4.16. The third-order valence-corrected chi connectivity index (χ3v) is 9.99. The SMILES string of the molecule is O=C1N[C@H]2[C@@H](c3ccco3)N(Cc3ccccc3)N3C(=O)CC4(SCCCS4)[C@]23N1. The van der Waals surface area contributed by atoms with E-state index in [0.717, 1.165) is 29.3 Å². The minimum Gasteiger partial charge on any atom is -0.468 e. The van der Waals surface area contributed by atoms with E-state index in [4.69, 9.17) is 4.42 Å². The molecule has 4 saturated heterocycles. The van der Waals surface area contributed by atoms with Crippen molar-refractivity contribution >= 4 is 35.5 Å². The largest absolute Gasteiger partial charge is 0.468 e. The number of hydrogen-bond donors (Lipinski definition) is 2. The molecule has 4 aliphatic rings. The summed E-state index contributed by atoms with van der Waals surface area (Å²) in [6, 6.07) is 13.1. The molecule has 0 unspecified atom stereocenters. The quantitative estimate of drug-likeness (QED) is 0.761. The highest BCUT2D eigenvalue weighted by Crippen LogP contribution is 2.64. The summed E-state index contributed by atoms with van der Waals surface area (Å²) in [7, 11) is 0. The molecule has 1 aromatic heterocycles. The van der Waals surface area contributed by atoms with Gasteiger partial charge in [0.2, 0.25) is 5.91 Å². The molecule has 30 heavy (non-hydrogen) atoms. The number of nitrogens with one attached hydrogen (secondary N) is 2. The van der Waals surface area contributed by atoms with Gasteiger partial charge in [0.15, 0.2) is 5.66 Å². The highest BCUT2D eigenvalue weighted by atomic mass is 32.2. The highest BCUT2D eigenvalue weighted by Gasteiger charge is 2.78. The summed E-state index contributed by atoms with van der Waals surface area (Å²) in [6.07, 6.45) is 3.18. The number of thioether (sulfide) groups is 2. The summed E-state index contributed by atoms with van der Waals surface area (Å²) in [4.78, 5) is 26.2. The molecular weight excluding hydrogens is 420 g/mol. The molecule has 2 aromatic rings. The molecule has 4 aliphatic heterocycles. The number of nitrogens with zero attached hydrogens (tertiary/aromatic N) is 2. The summed E-state index contributed by atoms with van der Waals surface area (Å²) in [6.45, 7) is 0.555. The molecule has 3 atom stereocenters. The summed E-state index contributed by atoms with van der Waals surface area (Å²) < 4.78 is 5.42. The molecule has 156 valence electrons. The first-order valence-electron chi connectivity index (χ1n) is 10.2. The van der Waals surface area contributed by atoms with Crippen molar-refractivity contribution in [3.63, 3.8) is 0 Å². The number of urea groups is 1. The van der Waals surface area contributed by atoms with Crippen LogP contribution in [0.1, 0.15) is 30.2 Å². The molecule has 7 nitrogen and oxygen atoms in total. The van der Waals surface area contributed by atoms with Crippen LogP contribution in [-0.2, 0) is 11.3 Å². The van der Waals surface area contributed by atoms with Gasteiger partial charge in [-0.3, -0.25) is 4.79 Å². The van der Waals surface area contributed by atoms with Gasteiger partial charge < -0.3 is 15.1 Å². The van der Waals surface area contributed by atoms with Crippen molar-refractivity contribution in [2.45, 2.75) is 41.2 Å². The molecule has 5 heterocycles. The van der Waals surface area contributed by atoms with E-state index in [1.807, 2.05) is 58.9 Å². The summed E-state index contributed by atoms with van der Waals surface area (Å²) >= 11 is 3.64. The number of carbonyl (C=O) groups excluding carboxylic acids is 2. The van der Waals surface area contributed by atoms with Crippen LogP contribution < -0.4 is 10.6 Å². The molecular formula is C21H22N4O3S2. The van der Waals surface area contributed by atoms with Crippen LogP contribution in [0.5, 0.6) is 0 Å². The van der Waals surface area contributed by atoms with Crippen LogP contribution in [0, 0.1) is 0 Å². The zero-order valence-corrected chi connectivity index (χ0v) is 17.9. The summed E-state index contributed by atoms with van der Waals surface area (Å²) in [5.41, 5.74) is 0.289. The number of benzene rings is 1. The van der Waals surface area contributed by atoms with Gasteiger partial charge in [-0.25, -0.2) is 9.80 Å². The maximum Gasteiger partial charge on any atom is 0.317 e. The van der Waals surface area contributed by atoms with Gasteiger partial charge in [0.1, 0.15) is 21.9 Å². The molecule has 0 saturated carbocycles. The third-order valence-electron chi connectivity index (χ3n) is 6.45. The van der Waals surface area contributed by atoms with Crippen molar-refractivity contribution in [3.8, 4) is 0 Å². The summed E-state index contributed by atoms with van der Waals surface area (Å²) in [5, 5.41) is 10.3. The van der Waals surface area contributed by atoms with Crippen molar-refractivity contribution in [2.24, 2.45) is 0 Å². The Morgan fingerprint density at radius 2 is 1.90 bits per heavy atom. The lowest BCUT2D eigenvalue weighted by molar-refractivity contribution is -0.150. The van der Waals surface area contributed by atoms with Crippen LogP contribution >= 0.6 is 23.5 Å². The van der Waals surface area contributed by atoms with Crippen LogP contribution in [0.25, 0.3) is 0 Å². The van der Waals surface area contributed by atoms with E-state index < -0.39 is 9.74 Å². The van der Waals surface area contributed by atoms with Crippen molar-refractivity contribution < 1.29 is 14.0 Å². The molecule has 1 aromatic carbocycles. The Balaban J connectivity index is 1.52. The first kappa shape index (κ1) is 18.7. The number of amides is 3. The van der Waals surface area contributed by atoms with Gasteiger partial charge in [-0.1, -0.05) is 30.3 Å². The van der Waals surface area contributed by atoms with Crippen molar-refractivity contribution in [3.05, 3.63) is 60.1 Å². The van der Waals surface area contributed by atoms with Crippen LogP contribution in [0.2, 0.25) is 0 Å². The van der Waals surface area contributed by atoms with Gasteiger partial charge in [0, 0.05) is 6.54 Å². The molecule has 2 spiro atoms. The number of hydrogen-bond acceptors (Lipinski definition) is 6. The van der Waals surface area contributed by atoms with Crippen LogP contribution in [0.15, 0.2) is 53.1 Å². The van der Waals surface area contributed by atoms with Crippen molar-refractivity contribution in [1.29, 1.82) is 0 Å². The number of furan rings is 1. The molecule has 0 radical (unpaired) electrons. The smallest absolute Gasteiger partial charge is 0.317 e. The Hall–Kier alpha value is -2.10. The maximum atomic E-state index is 13.5. The molecule has 0 bridgehead atoms. The lowest BCUT2D eigenvalue weighted by Gasteiger charge is -2.45. The van der Waals surface area contributed by atoms with Crippen molar-refractivity contribution in [1.82, 2.24) is 20.7 Å². The Labute approximate surface area is 182 Å². The summed E-state index contributed by atoms with van der Waals surface area (Å²) in [5.74, 6) is 2.78. The average Bonchev–Trinajstić information content (AvgIpc) is 3.47. The fourth-order valence-electron chi connectivity index (χ4n) is 5.37. The van der Waals surface area contributed by atoms with Gasteiger partial charge in [-0.2, -0.15) is 5.01 Å². The highest BCUT2D eigenvalue weighted by molar-refractivity contribution is 8.19.